The zero-order chi connectivity index (χ0) is 14.2. The number of alkyl halides is 3. The Kier molecular flexibility index (Phi) is 4.09. The molecule has 0 amide bonds. The van der Waals surface area contributed by atoms with Crippen molar-refractivity contribution in [2.75, 3.05) is 19.6 Å². The van der Waals surface area contributed by atoms with Crippen molar-refractivity contribution in [3.8, 4) is 0 Å². The molecule has 1 aliphatic carbocycles. The normalized spacial score (nSPS) is 35.8. The molecule has 1 saturated heterocycles. The fourth-order valence-electron chi connectivity index (χ4n) is 4.02. The van der Waals surface area contributed by atoms with E-state index in [1.807, 2.05) is 0 Å². The second-order valence-corrected chi connectivity index (χ2v) is 6.49. The Hall–Kier alpha value is -0.550. The van der Waals surface area contributed by atoms with Gasteiger partial charge < -0.3 is 5.32 Å². The summed E-state index contributed by atoms with van der Waals surface area (Å²) in [7, 11) is 0. The monoisotopic (exact) mass is 288 g/mol. The lowest BCUT2D eigenvalue weighted by Gasteiger charge is -2.29. The first-order chi connectivity index (χ1) is 9.52. The summed E-state index contributed by atoms with van der Waals surface area (Å²) in [5.41, 5.74) is -0.346. The van der Waals surface area contributed by atoms with E-state index >= 15 is 0 Å². The number of nitrogens with one attached hydrogen (secondary N) is 1. The van der Waals surface area contributed by atoms with Gasteiger partial charge in [-0.15, -0.1) is 0 Å². The molecule has 3 rings (SSSR count). The van der Waals surface area contributed by atoms with Gasteiger partial charge in [0, 0.05) is 37.3 Å². The first-order valence-corrected chi connectivity index (χ1v) is 7.77. The van der Waals surface area contributed by atoms with Crippen LogP contribution in [0.2, 0.25) is 0 Å². The largest absolute Gasteiger partial charge is 0.412 e. The van der Waals surface area contributed by atoms with E-state index in [0.717, 1.165) is 12.5 Å². The second kappa shape index (κ2) is 5.68. The topological polar surface area (TPSA) is 15.3 Å². The molecule has 3 aliphatic rings. The van der Waals surface area contributed by atoms with Crippen LogP contribution in [0, 0.1) is 5.92 Å². The Morgan fingerprint density at radius 3 is 2.70 bits per heavy atom. The molecule has 20 heavy (non-hydrogen) atoms. The van der Waals surface area contributed by atoms with Gasteiger partial charge in [-0.3, -0.25) is 4.90 Å². The van der Waals surface area contributed by atoms with E-state index in [9.17, 15) is 13.2 Å². The molecule has 0 spiro atoms. The van der Waals surface area contributed by atoms with Crippen LogP contribution >= 0.6 is 0 Å². The molecule has 3 atom stereocenters. The summed E-state index contributed by atoms with van der Waals surface area (Å²) < 4.78 is 37.7. The van der Waals surface area contributed by atoms with Gasteiger partial charge in [-0.25, -0.2) is 0 Å². The molecule has 1 N–H and O–H groups in total. The number of fused-ring (bicyclic) bond motifs is 1. The summed E-state index contributed by atoms with van der Waals surface area (Å²) in [6, 6.07) is 1.14. The molecule has 1 saturated carbocycles. The SMILES string of the molecule is FC(F)(F)C1=CCN(CC2CC3CCCCC3N2)CC1. The zero-order valence-electron chi connectivity index (χ0n) is 11.8. The van der Waals surface area contributed by atoms with Crippen molar-refractivity contribution in [1.82, 2.24) is 10.2 Å². The number of hydrogen-bond donors (Lipinski definition) is 1. The Bertz CT molecular complexity index is 364. The third kappa shape index (κ3) is 3.19. The van der Waals surface area contributed by atoms with Crippen LogP contribution in [-0.4, -0.2) is 42.8 Å². The van der Waals surface area contributed by atoms with Crippen molar-refractivity contribution in [2.24, 2.45) is 5.92 Å². The highest BCUT2D eigenvalue weighted by molar-refractivity contribution is 5.13. The van der Waals surface area contributed by atoms with Gasteiger partial charge in [0.05, 0.1) is 0 Å². The van der Waals surface area contributed by atoms with Crippen LogP contribution in [0.5, 0.6) is 0 Å². The highest BCUT2D eigenvalue weighted by atomic mass is 19.4. The number of nitrogens with zero attached hydrogens (tertiary/aromatic N) is 1. The minimum absolute atomic E-state index is 0.142. The van der Waals surface area contributed by atoms with Gasteiger partial charge in [0.25, 0.3) is 0 Å². The predicted octanol–water partition coefficient (Wildman–Crippen LogP) is 3.10. The smallest absolute Gasteiger partial charge is 0.310 e. The highest BCUT2D eigenvalue weighted by Crippen LogP contribution is 2.34. The minimum atomic E-state index is -4.13. The molecule has 0 radical (unpaired) electrons. The van der Waals surface area contributed by atoms with E-state index in [1.54, 1.807) is 0 Å². The molecule has 2 nitrogen and oxygen atoms in total. The summed E-state index contributed by atoms with van der Waals surface area (Å²) in [4.78, 5) is 2.16. The van der Waals surface area contributed by atoms with Gasteiger partial charge >= 0.3 is 6.18 Å². The van der Waals surface area contributed by atoms with Gasteiger partial charge in [-0.2, -0.15) is 13.2 Å². The number of halogens is 3. The molecule has 0 aromatic carbocycles. The fourth-order valence-corrected chi connectivity index (χ4v) is 4.02. The lowest BCUT2D eigenvalue weighted by atomic mass is 9.85. The summed E-state index contributed by atoms with van der Waals surface area (Å²) in [5, 5.41) is 3.70. The molecule has 3 unspecified atom stereocenters. The van der Waals surface area contributed by atoms with Gasteiger partial charge in [0.2, 0.25) is 0 Å². The third-order valence-corrected chi connectivity index (χ3v) is 5.08. The molecular weight excluding hydrogens is 265 g/mol. The Morgan fingerprint density at radius 2 is 2.05 bits per heavy atom. The van der Waals surface area contributed by atoms with Crippen molar-refractivity contribution in [3.63, 3.8) is 0 Å². The molecule has 5 heteroatoms. The van der Waals surface area contributed by atoms with Crippen molar-refractivity contribution in [2.45, 2.75) is 56.8 Å². The minimum Gasteiger partial charge on any atom is -0.310 e. The molecule has 2 aliphatic heterocycles. The molecular formula is C15H23F3N2. The predicted molar refractivity (Wildman–Crippen MR) is 72.5 cm³/mol. The molecule has 2 heterocycles. The molecule has 114 valence electrons. The van der Waals surface area contributed by atoms with Crippen LogP contribution in [-0.2, 0) is 0 Å². The van der Waals surface area contributed by atoms with E-state index in [4.69, 9.17) is 0 Å². The third-order valence-electron chi connectivity index (χ3n) is 5.08. The Balaban J connectivity index is 1.49. The van der Waals surface area contributed by atoms with E-state index in [-0.39, 0.29) is 12.0 Å². The maximum Gasteiger partial charge on any atom is 0.412 e. The van der Waals surface area contributed by atoms with Crippen molar-refractivity contribution in [3.05, 3.63) is 11.6 Å². The fraction of sp³-hybridized carbons (Fsp3) is 0.867. The van der Waals surface area contributed by atoms with E-state index < -0.39 is 6.18 Å². The number of rotatable bonds is 2. The van der Waals surface area contributed by atoms with Crippen LogP contribution in [0.25, 0.3) is 0 Å². The number of hydrogen-bond acceptors (Lipinski definition) is 2. The molecule has 0 bridgehead atoms. The standard InChI is InChI=1S/C15H23F3N2/c16-15(17,18)12-5-7-20(8-6-12)10-13-9-11-3-1-2-4-14(11)19-13/h5,11,13-14,19H,1-4,6-10H2. The maximum absolute atomic E-state index is 12.6. The summed E-state index contributed by atoms with van der Waals surface area (Å²) >= 11 is 0. The van der Waals surface area contributed by atoms with E-state index in [2.05, 4.69) is 10.2 Å². The van der Waals surface area contributed by atoms with Gasteiger partial charge in [-0.1, -0.05) is 18.9 Å². The molecule has 0 aromatic rings. The van der Waals surface area contributed by atoms with Crippen LogP contribution in [0.15, 0.2) is 11.6 Å². The quantitative estimate of drug-likeness (QED) is 0.786. The van der Waals surface area contributed by atoms with Crippen molar-refractivity contribution < 1.29 is 13.2 Å². The van der Waals surface area contributed by atoms with Crippen molar-refractivity contribution >= 4 is 0 Å². The average molecular weight is 288 g/mol. The summed E-state index contributed by atoms with van der Waals surface area (Å²) in [6.07, 6.45) is 3.85. The maximum atomic E-state index is 12.6. The average Bonchev–Trinajstić information content (AvgIpc) is 2.80. The first kappa shape index (κ1) is 14.4. The van der Waals surface area contributed by atoms with Crippen LogP contribution in [0.3, 0.4) is 0 Å². The molecule has 2 fully saturated rings. The lowest BCUT2D eigenvalue weighted by molar-refractivity contribution is -0.0960. The van der Waals surface area contributed by atoms with Crippen LogP contribution in [0.4, 0.5) is 13.2 Å². The van der Waals surface area contributed by atoms with E-state index in [0.29, 0.717) is 25.2 Å². The van der Waals surface area contributed by atoms with Gasteiger partial charge in [0.1, 0.15) is 0 Å². The second-order valence-electron chi connectivity index (χ2n) is 6.49. The summed E-state index contributed by atoms with van der Waals surface area (Å²) in [5.74, 6) is 0.805. The Morgan fingerprint density at radius 1 is 1.25 bits per heavy atom. The van der Waals surface area contributed by atoms with E-state index in [1.165, 1.54) is 38.2 Å². The first-order valence-electron chi connectivity index (χ1n) is 7.77. The van der Waals surface area contributed by atoms with Crippen LogP contribution in [0.1, 0.15) is 38.5 Å². The van der Waals surface area contributed by atoms with Crippen LogP contribution < -0.4 is 5.32 Å². The summed E-state index contributed by atoms with van der Waals surface area (Å²) in [6.45, 7) is 1.88. The van der Waals surface area contributed by atoms with Crippen molar-refractivity contribution in [1.29, 1.82) is 0 Å². The Labute approximate surface area is 118 Å². The molecule has 0 aromatic heterocycles. The lowest BCUT2D eigenvalue weighted by Crippen LogP contribution is -2.42. The van der Waals surface area contributed by atoms with Gasteiger partial charge in [0.15, 0.2) is 0 Å². The zero-order valence-corrected chi connectivity index (χ0v) is 11.8. The van der Waals surface area contributed by atoms with Gasteiger partial charge in [-0.05, 0) is 31.6 Å². The highest BCUT2D eigenvalue weighted by Gasteiger charge is 2.37.